The summed E-state index contributed by atoms with van der Waals surface area (Å²) in [6, 6.07) is 5.17. The number of ether oxygens (including phenoxy) is 1. The number of likely N-dealkylation sites (N-methyl/N-ethyl adjacent to an activating group) is 1. The van der Waals surface area contributed by atoms with Gasteiger partial charge in [0.2, 0.25) is 5.75 Å². The minimum atomic E-state index is -0.174. The molecule has 98 valence electrons. The van der Waals surface area contributed by atoms with Gasteiger partial charge in [0, 0.05) is 44.0 Å². The van der Waals surface area contributed by atoms with Gasteiger partial charge in [-0.25, -0.2) is 5.21 Å². The lowest BCUT2D eigenvalue weighted by Gasteiger charge is -2.34. The van der Waals surface area contributed by atoms with E-state index in [9.17, 15) is 4.91 Å². The smallest absolute Gasteiger partial charge is 0.358 e. The SMILES string of the molecule is COc1cc(N2CCN(C)CC2)ccc1[N+](=O)O. The molecule has 6 heteroatoms. The Morgan fingerprint density at radius 3 is 2.50 bits per heavy atom. The van der Waals surface area contributed by atoms with Crippen molar-refractivity contribution in [3.63, 3.8) is 0 Å². The average Bonchev–Trinajstić information content (AvgIpc) is 2.38. The van der Waals surface area contributed by atoms with Gasteiger partial charge in [0.25, 0.3) is 4.92 Å². The van der Waals surface area contributed by atoms with Crippen LogP contribution >= 0.6 is 0 Å². The van der Waals surface area contributed by atoms with Crippen molar-refractivity contribution in [2.75, 3.05) is 45.2 Å². The molecule has 6 nitrogen and oxygen atoms in total. The third-order valence-electron chi connectivity index (χ3n) is 3.24. The predicted molar refractivity (Wildman–Crippen MR) is 67.8 cm³/mol. The van der Waals surface area contributed by atoms with E-state index in [-0.39, 0.29) is 10.6 Å². The first-order valence-electron chi connectivity index (χ1n) is 5.89. The molecule has 1 saturated heterocycles. The molecule has 0 aliphatic carbocycles. The van der Waals surface area contributed by atoms with E-state index in [1.807, 2.05) is 6.07 Å². The number of piperazine rings is 1. The summed E-state index contributed by atoms with van der Waals surface area (Å²) in [6.07, 6.45) is 0. The summed E-state index contributed by atoms with van der Waals surface area (Å²) in [5.41, 5.74) is 1.13. The number of anilines is 1. The molecule has 2 rings (SSSR count). The highest BCUT2D eigenvalue weighted by Gasteiger charge is 2.22. The standard InChI is InChI=1S/C12H18N3O3/c1-13-5-7-14(8-6-13)10-3-4-11(15(16)17)12(9-10)18-2/h3-4,9H,5-8H2,1-2H3,(H,16,17)/q+1. The first kappa shape index (κ1) is 12.6. The van der Waals surface area contributed by atoms with Crippen molar-refractivity contribution in [2.45, 2.75) is 0 Å². The highest BCUT2D eigenvalue weighted by molar-refractivity contribution is 5.59. The maximum atomic E-state index is 10.9. The molecule has 0 bridgehead atoms. The zero-order chi connectivity index (χ0) is 13.1. The molecule has 0 unspecified atom stereocenters. The summed E-state index contributed by atoms with van der Waals surface area (Å²) in [6.45, 7) is 3.91. The Labute approximate surface area is 106 Å². The van der Waals surface area contributed by atoms with Gasteiger partial charge in [-0.2, -0.15) is 0 Å². The van der Waals surface area contributed by atoms with Gasteiger partial charge in [-0.05, 0) is 13.1 Å². The Kier molecular flexibility index (Phi) is 3.66. The fourth-order valence-corrected chi connectivity index (χ4v) is 2.09. The zero-order valence-electron chi connectivity index (χ0n) is 10.7. The van der Waals surface area contributed by atoms with Crippen molar-refractivity contribution in [1.82, 2.24) is 4.90 Å². The highest BCUT2D eigenvalue weighted by Crippen LogP contribution is 2.31. The van der Waals surface area contributed by atoms with Gasteiger partial charge >= 0.3 is 5.69 Å². The van der Waals surface area contributed by atoms with Crippen LogP contribution in [0.1, 0.15) is 0 Å². The summed E-state index contributed by atoms with van der Waals surface area (Å²) in [7, 11) is 3.58. The molecule has 1 aromatic carbocycles. The molecule has 0 radical (unpaired) electrons. The Morgan fingerprint density at radius 2 is 1.94 bits per heavy atom. The fraction of sp³-hybridized carbons (Fsp3) is 0.500. The molecule has 1 aliphatic rings. The Hall–Kier alpha value is -1.82. The zero-order valence-corrected chi connectivity index (χ0v) is 10.7. The molecule has 1 aromatic rings. The predicted octanol–water partition coefficient (Wildman–Crippen LogP) is 1.25. The van der Waals surface area contributed by atoms with Gasteiger partial charge in [-0.1, -0.05) is 0 Å². The number of benzene rings is 1. The van der Waals surface area contributed by atoms with Gasteiger partial charge in [0.05, 0.1) is 12.0 Å². The van der Waals surface area contributed by atoms with E-state index in [4.69, 9.17) is 9.94 Å². The fourth-order valence-electron chi connectivity index (χ4n) is 2.09. The maximum absolute atomic E-state index is 10.9. The normalized spacial score (nSPS) is 16.7. The van der Waals surface area contributed by atoms with Crippen molar-refractivity contribution in [3.05, 3.63) is 23.1 Å². The van der Waals surface area contributed by atoms with Gasteiger partial charge < -0.3 is 14.5 Å². The van der Waals surface area contributed by atoms with Crippen LogP contribution in [-0.4, -0.2) is 55.4 Å². The summed E-state index contributed by atoms with van der Waals surface area (Å²) in [5, 5.41) is 8.95. The van der Waals surface area contributed by atoms with Crippen LogP contribution in [0.4, 0.5) is 11.4 Å². The second-order valence-corrected chi connectivity index (χ2v) is 4.42. The molecule has 0 amide bonds. The van der Waals surface area contributed by atoms with Crippen LogP contribution in [0.5, 0.6) is 5.75 Å². The summed E-state index contributed by atoms with van der Waals surface area (Å²) in [4.78, 5) is 15.3. The van der Waals surface area contributed by atoms with E-state index in [0.717, 1.165) is 31.9 Å². The van der Waals surface area contributed by atoms with E-state index >= 15 is 0 Å². The lowest BCUT2D eigenvalue weighted by molar-refractivity contribution is -0.730. The van der Waals surface area contributed by atoms with Crippen molar-refractivity contribution >= 4 is 11.4 Å². The molecule has 1 N–H and O–H groups in total. The number of hydrogen-bond acceptors (Lipinski definition) is 4. The van der Waals surface area contributed by atoms with Gasteiger partial charge in [-0.15, -0.1) is 0 Å². The highest BCUT2D eigenvalue weighted by atomic mass is 16.6. The van der Waals surface area contributed by atoms with Crippen LogP contribution in [0.15, 0.2) is 18.2 Å². The molecule has 0 aromatic heterocycles. The number of methoxy groups -OCH3 is 1. The van der Waals surface area contributed by atoms with E-state index < -0.39 is 0 Å². The molecule has 1 fully saturated rings. The first-order chi connectivity index (χ1) is 8.61. The van der Waals surface area contributed by atoms with Crippen molar-refractivity contribution in [2.24, 2.45) is 0 Å². The van der Waals surface area contributed by atoms with Crippen molar-refractivity contribution in [1.29, 1.82) is 0 Å². The molecule has 0 atom stereocenters. The maximum Gasteiger partial charge on any atom is 0.358 e. The average molecular weight is 252 g/mol. The summed E-state index contributed by atoms with van der Waals surface area (Å²) < 4.78 is 5.12. The van der Waals surface area contributed by atoms with Gasteiger partial charge in [-0.3, -0.25) is 0 Å². The van der Waals surface area contributed by atoms with E-state index in [0.29, 0.717) is 5.75 Å². The number of nitrogens with zero attached hydrogens (tertiary/aromatic N) is 3. The minimum absolute atomic E-state index is 0.121. The van der Waals surface area contributed by atoms with E-state index in [2.05, 4.69) is 16.8 Å². The Bertz CT molecular complexity index is 442. The number of rotatable bonds is 3. The van der Waals surface area contributed by atoms with Crippen LogP contribution in [0.25, 0.3) is 0 Å². The summed E-state index contributed by atoms with van der Waals surface area (Å²) in [5.74, 6) is 0.379. The molecule has 0 saturated carbocycles. The lowest BCUT2D eigenvalue weighted by atomic mass is 10.2. The van der Waals surface area contributed by atoms with Crippen molar-refractivity contribution in [3.8, 4) is 5.75 Å². The second kappa shape index (κ2) is 5.22. The van der Waals surface area contributed by atoms with Crippen LogP contribution < -0.4 is 9.64 Å². The molecule has 18 heavy (non-hydrogen) atoms. The molecule has 1 heterocycles. The van der Waals surface area contributed by atoms with Crippen LogP contribution in [0, 0.1) is 4.91 Å². The lowest BCUT2D eigenvalue weighted by Crippen LogP contribution is -2.44. The summed E-state index contributed by atoms with van der Waals surface area (Å²) >= 11 is 0. The van der Waals surface area contributed by atoms with Gasteiger partial charge in [0.1, 0.15) is 0 Å². The molecule has 1 aliphatic heterocycles. The Balaban J connectivity index is 2.22. The largest absolute Gasteiger partial charge is 0.490 e. The van der Waals surface area contributed by atoms with Gasteiger partial charge in [0.15, 0.2) is 0 Å². The molecule has 0 spiro atoms. The quantitative estimate of drug-likeness (QED) is 0.820. The topological polar surface area (TPSA) is 56.0 Å². The minimum Gasteiger partial charge on any atom is -0.490 e. The van der Waals surface area contributed by atoms with E-state index in [1.165, 1.54) is 7.11 Å². The van der Waals surface area contributed by atoms with Crippen LogP contribution in [0.2, 0.25) is 0 Å². The second-order valence-electron chi connectivity index (χ2n) is 4.42. The van der Waals surface area contributed by atoms with Crippen molar-refractivity contribution < 1.29 is 14.9 Å². The third kappa shape index (κ3) is 2.53. The van der Waals surface area contributed by atoms with Crippen LogP contribution in [0.3, 0.4) is 0 Å². The monoisotopic (exact) mass is 252 g/mol. The first-order valence-corrected chi connectivity index (χ1v) is 5.89. The van der Waals surface area contributed by atoms with E-state index in [1.54, 1.807) is 12.1 Å². The third-order valence-corrected chi connectivity index (χ3v) is 3.24. The Morgan fingerprint density at radius 1 is 1.28 bits per heavy atom. The number of hydrogen-bond donors (Lipinski definition) is 1. The molecular formula is C12H18N3O3+. The molecular weight excluding hydrogens is 234 g/mol. The van der Waals surface area contributed by atoms with Crippen LogP contribution in [-0.2, 0) is 0 Å².